The van der Waals surface area contributed by atoms with Gasteiger partial charge in [-0.3, -0.25) is 4.79 Å². The minimum atomic E-state index is 0.0596. The molecule has 24 heavy (non-hydrogen) atoms. The Morgan fingerprint density at radius 2 is 2.21 bits per heavy atom. The third-order valence-corrected chi connectivity index (χ3v) is 4.58. The van der Waals surface area contributed by atoms with Gasteiger partial charge in [-0.2, -0.15) is 0 Å². The van der Waals surface area contributed by atoms with Gasteiger partial charge in [-0.15, -0.1) is 0 Å². The fraction of sp³-hybridized carbons (Fsp3) is 0.632. The zero-order valence-electron chi connectivity index (χ0n) is 15.3. The summed E-state index contributed by atoms with van der Waals surface area (Å²) >= 11 is 0. The van der Waals surface area contributed by atoms with Gasteiger partial charge in [0.15, 0.2) is 0 Å². The van der Waals surface area contributed by atoms with Crippen LogP contribution in [0.3, 0.4) is 0 Å². The Morgan fingerprint density at radius 1 is 1.42 bits per heavy atom. The molecule has 134 valence electrons. The van der Waals surface area contributed by atoms with Crippen molar-refractivity contribution in [3.8, 4) is 5.75 Å². The lowest BCUT2D eigenvalue weighted by molar-refractivity contribution is 0.0653. The van der Waals surface area contributed by atoms with Crippen LogP contribution in [0.5, 0.6) is 5.75 Å². The minimum Gasteiger partial charge on any atom is -0.494 e. The minimum absolute atomic E-state index is 0.0596. The molecule has 1 aromatic carbocycles. The van der Waals surface area contributed by atoms with Gasteiger partial charge in [0, 0.05) is 24.1 Å². The predicted octanol–water partition coefficient (Wildman–Crippen LogP) is 2.51. The molecule has 0 N–H and O–H groups in total. The number of carbonyl (C=O) groups is 1. The smallest absolute Gasteiger partial charge is 0.254 e. The maximum Gasteiger partial charge on any atom is 0.254 e. The number of amides is 1. The second-order valence-corrected chi connectivity index (χ2v) is 6.63. The summed E-state index contributed by atoms with van der Waals surface area (Å²) < 4.78 is 11.3. The number of carbonyl (C=O) groups excluding carboxylic acids is 1. The average Bonchev–Trinajstić information content (AvgIpc) is 2.74. The van der Waals surface area contributed by atoms with Gasteiger partial charge in [-0.1, -0.05) is 6.07 Å². The number of nitrogens with zero attached hydrogens (tertiary/aromatic N) is 2. The molecule has 0 aromatic heterocycles. The Kier molecular flexibility index (Phi) is 7.06. The van der Waals surface area contributed by atoms with E-state index in [1.165, 1.54) is 0 Å². The topological polar surface area (TPSA) is 42.0 Å². The number of benzene rings is 1. The standard InChI is InChI=1S/C19H30N2O3/c1-5-24-18-8-6-7-16(13-18)19(22)21-11-12-23-14-17(15(21)2)9-10-20(3)4/h6-8,13,15,17H,5,9-12,14H2,1-4H3/t15-,17+/m0/s1. The van der Waals surface area contributed by atoms with Crippen molar-refractivity contribution in [3.05, 3.63) is 29.8 Å². The summed E-state index contributed by atoms with van der Waals surface area (Å²) in [5, 5.41) is 0. The average molecular weight is 334 g/mol. The summed E-state index contributed by atoms with van der Waals surface area (Å²) in [4.78, 5) is 17.1. The van der Waals surface area contributed by atoms with Gasteiger partial charge in [-0.25, -0.2) is 0 Å². The fourth-order valence-corrected chi connectivity index (χ4v) is 3.08. The highest BCUT2D eigenvalue weighted by Crippen LogP contribution is 2.22. The second-order valence-electron chi connectivity index (χ2n) is 6.63. The predicted molar refractivity (Wildman–Crippen MR) is 95.6 cm³/mol. The van der Waals surface area contributed by atoms with E-state index in [1.54, 1.807) is 0 Å². The number of ether oxygens (including phenoxy) is 2. The van der Waals surface area contributed by atoms with Crippen LogP contribution >= 0.6 is 0 Å². The second kappa shape index (κ2) is 9.04. The van der Waals surface area contributed by atoms with E-state index in [4.69, 9.17) is 9.47 Å². The summed E-state index contributed by atoms with van der Waals surface area (Å²) in [6, 6.07) is 7.61. The van der Waals surface area contributed by atoms with Gasteiger partial charge in [0.2, 0.25) is 0 Å². The van der Waals surface area contributed by atoms with Crippen molar-refractivity contribution in [1.29, 1.82) is 0 Å². The molecule has 5 nitrogen and oxygen atoms in total. The number of hydrogen-bond acceptors (Lipinski definition) is 4. The van der Waals surface area contributed by atoms with E-state index < -0.39 is 0 Å². The third kappa shape index (κ3) is 4.95. The van der Waals surface area contributed by atoms with Gasteiger partial charge in [-0.05, 0) is 59.1 Å². The van der Waals surface area contributed by atoms with Crippen LogP contribution in [0.25, 0.3) is 0 Å². The molecular formula is C19H30N2O3. The lowest BCUT2D eigenvalue weighted by atomic mass is 9.96. The highest BCUT2D eigenvalue weighted by atomic mass is 16.5. The van der Waals surface area contributed by atoms with Crippen LogP contribution in [0.2, 0.25) is 0 Å². The fourth-order valence-electron chi connectivity index (χ4n) is 3.08. The molecule has 1 heterocycles. The molecule has 5 heteroatoms. The van der Waals surface area contributed by atoms with Crippen LogP contribution in [0, 0.1) is 5.92 Å². The summed E-state index contributed by atoms with van der Waals surface area (Å²) in [5.41, 5.74) is 0.682. The molecule has 0 unspecified atom stereocenters. The third-order valence-electron chi connectivity index (χ3n) is 4.58. The van der Waals surface area contributed by atoms with E-state index >= 15 is 0 Å². The van der Waals surface area contributed by atoms with Crippen LogP contribution < -0.4 is 4.74 Å². The molecule has 2 rings (SSSR count). The van der Waals surface area contributed by atoms with Crippen LogP contribution in [0.15, 0.2) is 24.3 Å². The van der Waals surface area contributed by atoms with E-state index in [-0.39, 0.29) is 11.9 Å². The van der Waals surface area contributed by atoms with Crippen molar-refractivity contribution in [2.75, 3.05) is 47.0 Å². The Balaban J connectivity index is 2.12. The lowest BCUT2D eigenvalue weighted by Gasteiger charge is -2.32. The van der Waals surface area contributed by atoms with Gasteiger partial charge < -0.3 is 19.3 Å². The highest BCUT2D eigenvalue weighted by molar-refractivity contribution is 5.94. The molecule has 0 saturated carbocycles. The quantitative estimate of drug-likeness (QED) is 0.802. The van der Waals surface area contributed by atoms with Crippen molar-refractivity contribution in [2.45, 2.75) is 26.3 Å². The summed E-state index contributed by atoms with van der Waals surface area (Å²) in [7, 11) is 4.15. The summed E-state index contributed by atoms with van der Waals surface area (Å²) in [6.07, 6.45) is 1.02. The Labute approximate surface area is 145 Å². The van der Waals surface area contributed by atoms with Crippen molar-refractivity contribution in [2.24, 2.45) is 5.92 Å². The molecule has 2 atom stereocenters. The highest BCUT2D eigenvalue weighted by Gasteiger charge is 2.30. The molecule has 0 bridgehead atoms. The molecule has 1 saturated heterocycles. The van der Waals surface area contributed by atoms with Gasteiger partial charge >= 0.3 is 0 Å². The SMILES string of the molecule is CCOc1cccc(C(=O)N2CCOC[C@@H](CCN(C)C)[C@@H]2C)c1. The van der Waals surface area contributed by atoms with Crippen molar-refractivity contribution in [3.63, 3.8) is 0 Å². The van der Waals surface area contributed by atoms with Gasteiger partial charge in [0.05, 0.1) is 19.8 Å². The number of rotatable bonds is 6. The van der Waals surface area contributed by atoms with Gasteiger partial charge in [0.25, 0.3) is 5.91 Å². The van der Waals surface area contributed by atoms with Crippen LogP contribution in [0.4, 0.5) is 0 Å². The van der Waals surface area contributed by atoms with Crippen molar-refractivity contribution in [1.82, 2.24) is 9.80 Å². The van der Waals surface area contributed by atoms with Crippen molar-refractivity contribution < 1.29 is 14.3 Å². The largest absolute Gasteiger partial charge is 0.494 e. The molecule has 0 radical (unpaired) electrons. The van der Waals surface area contributed by atoms with Crippen LogP contribution in [-0.2, 0) is 4.74 Å². The monoisotopic (exact) mass is 334 g/mol. The van der Waals surface area contributed by atoms with E-state index in [2.05, 4.69) is 25.9 Å². The van der Waals surface area contributed by atoms with E-state index in [1.807, 2.05) is 36.1 Å². The maximum absolute atomic E-state index is 13.0. The molecule has 1 fully saturated rings. The molecule has 0 spiro atoms. The van der Waals surface area contributed by atoms with E-state index in [0.717, 1.165) is 25.3 Å². The molecule has 1 aliphatic rings. The zero-order valence-corrected chi connectivity index (χ0v) is 15.3. The Hall–Kier alpha value is -1.59. The molecular weight excluding hydrogens is 304 g/mol. The normalized spacial score (nSPS) is 21.6. The first-order valence-corrected chi connectivity index (χ1v) is 8.79. The van der Waals surface area contributed by atoms with E-state index in [0.29, 0.717) is 31.2 Å². The van der Waals surface area contributed by atoms with Crippen LogP contribution in [-0.4, -0.2) is 68.8 Å². The molecule has 1 amide bonds. The van der Waals surface area contributed by atoms with Crippen molar-refractivity contribution >= 4 is 5.91 Å². The summed E-state index contributed by atoms with van der Waals surface area (Å²) in [5.74, 6) is 1.16. The first kappa shape index (κ1) is 18.7. The van der Waals surface area contributed by atoms with Gasteiger partial charge in [0.1, 0.15) is 5.75 Å². The van der Waals surface area contributed by atoms with Crippen LogP contribution in [0.1, 0.15) is 30.6 Å². The summed E-state index contributed by atoms with van der Waals surface area (Å²) in [6.45, 7) is 7.63. The Bertz CT molecular complexity index is 533. The first-order valence-electron chi connectivity index (χ1n) is 8.79. The number of hydrogen-bond donors (Lipinski definition) is 0. The lowest BCUT2D eigenvalue weighted by Crippen LogP contribution is -2.43. The molecule has 1 aromatic rings. The molecule has 1 aliphatic heterocycles. The molecule has 0 aliphatic carbocycles. The van der Waals surface area contributed by atoms with E-state index in [9.17, 15) is 4.79 Å². The Morgan fingerprint density at radius 3 is 2.92 bits per heavy atom. The zero-order chi connectivity index (χ0) is 17.5. The first-order chi connectivity index (χ1) is 11.5. The maximum atomic E-state index is 13.0.